The van der Waals surface area contributed by atoms with Gasteiger partial charge in [-0.1, -0.05) is 18.2 Å². The van der Waals surface area contributed by atoms with Crippen LogP contribution in [0.1, 0.15) is 12.8 Å². The number of aliphatic hydroxyl groups is 2. The van der Waals surface area contributed by atoms with E-state index in [1.54, 1.807) is 6.08 Å². The van der Waals surface area contributed by atoms with E-state index in [9.17, 15) is 0 Å². The Hall–Kier alpha value is -0.600. The third-order valence-corrected chi connectivity index (χ3v) is 1.32. The van der Waals surface area contributed by atoms with Crippen LogP contribution in [-0.4, -0.2) is 16.5 Å². The zero-order valence-corrected chi connectivity index (χ0v) is 5.12. The summed E-state index contributed by atoms with van der Waals surface area (Å²) in [7, 11) is 0. The van der Waals surface area contributed by atoms with E-state index in [0.717, 1.165) is 12.8 Å². The number of aliphatic hydroxyl groups excluding tert-OH is 1. The first-order valence-electron chi connectivity index (χ1n) is 3.03. The van der Waals surface area contributed by atoms with Crippen LogP contribution in [0.5, 0.6) is 0 Å². The molecule has 0 amide bonds. The fraction of sp³-hybridized carbons (Fsp3) is 0.429. The summed E-state index contributed by atoms with van der Waals surface area (Å²) in [6.45, 7) is 0. The van der Waals surface area contributed by atoms with Gasteiger partial charge in [-0.05, 0) is 12.8 Å². The molecule has 0 spiro atoms. The molecule has 0 unspecified atom stereocenters. The van der Waals surface area contributed by atoms with Gasteiger partial charge in [-0.3, -0.25) is 0 Å². The van der Waals surface area contributed by atoms with Crippen molar-refractivity contribution in [1.29, 1.82) is 0 Å². The molecule has 0 saturated heterocycles. The molecular formula is C7H10O2. The molecule has 1 rings (SSSR count). The maximum absolute atomic E-state index is 8.61. The predicted octanol–water partition coefficient (Wildman–Crippen LogP) is 0.573. The molecule has 0 aliphatic heterocycles. The van der Waals surface area contributed by atoms with E-state index in [0.29, 0.717) is 5.57 Å². The molecule has 1 aliphatic carbocycles. The van der Waals surface area contributed by atoms with E-state index in [2.05, 4.69) is 0 Å². The van der Waals surface area contributed by atoms with Crippen molar-refractivity contribution >= 4 is 0 Å². The minimum Gasteiger partial charge on any atom is -0.364 e. The SMILES string of the molecule is OC(O)C1=CCCC=C1. The van der Waals surface area contributed by atoms with Gasteiger partial charge in [0.15, 0.2) is 6.29 Å². The first-order valence-corrected chi connectivity index (χ1v) is 3.03. The van der Waals surface area contributed by atoms with Gasteiger partial charge in [0.25, 0.3) is 0 Å². The second-order valence-corrected chi connectivity index (χ2v) is 2.06. The van der Waals surface area contributed by atoms with E-state index >= 15 is 0 Å². The highest BCUT2D eigenvalue weighted by atomic mass is 16.5. The molecular weight excluding hydrogens is 116 g/mol. The van der Waals surface area contributed by atoms with Crippen LogP contribution >= 0.6 is 0 Å². The van der Waals surface area contributed by atoms with Gasteiger partial charge in [-0.25, -0.2) is 0 Å². The third-order valence-electron chi connectivity index (χ3n) is 1.32. The number of allylic oxidation sites excluding steroid dienone is 2. The molecule has 50 valence electrons. The van der Waals surface area contributed by atoms with Gasteiger partial charge in [0.05, 0.1) is 0 Å². The Labute approximate surface area is 54.1 Å². The van der Waals surface area contributed by atoms with Crippen molar-refractivity contribution in [3.8, 4) is 0 Å². The Morgan fingerprint density at radius 2 is 2.11 bits per heavy atom. The van der Waals surface area contributed by atoms with Crippen molar-refractivity contribution in [2.24, 2.45) is 0 Å². The molecule has 2 N–H and O–H groups in total. The minimum absolute atomic E-state index is 0.612. The van der Waals surface area contributed by atoms with Gasteiger partial charge in [0.1, 0.15) is 0 Å². The van der Waals surface area contributed by atoms with Crippen LogP contribution in [-0.2, 0) is 0 Å². The Bertz CT molecular complexity index is 145. The first kappa shape index (κ1) is 6.52. The molecule has 0 fully saturated rings. The molecule has 9 heavy (non-hydrogen) atoms. The van der Waals surface area contributed by atoms with Gasteiger partial charge < -0.3 is 10.2 Å². The number of rotatable bonds is 1. The van der Waals surface area contributed by atoms with Gasteiger partial charge in [0.2, 0.25) is 0 Å². The van der Waals surface area contributed by atoms with Crippen LogP contribution in [0.15, 0.2) is 23.8 Å². The lowest BCUT2D eigenvalue weighted by Crippen LogP contribution is -2.07. The predicted molar refractivity (Wildman–Crippen MR) is 34.7 cm³/mol. The van der Waals surface area contributed by atoms with Crippen LogP contribution in [0.3, 0.4) is 0 Å². The Morgan fingerprint density at radius 1 is 1.33 bits per heavy atom. The second-order valence-electron chi connectivity index (χ2n) is 2.06. The number of hydrogen-bond donors (Lipinski definition) is 2. The number of hydrogen-bond acceptors (Lipinski definition) is 2. The summed E-state index contributed by atoms with van der Waals surface area (Å²) in [5.74, 6) is 0. The van der Waals surface area contributed by atoms with Gasteiger partial charge in [-0.2, -0.15) is 0 Å². The van der Waals surface area contributed by atoms with Crippen molar-refractivity contribution in [2.75, 3.05) is 0 Å². The van der Waals surface area contributed by atoms with E-state index in [1.807, 2.05) is 12.2 Å². The standard InChI is InChI=1S/C7H10O2/c8-7(9)6-4-2-1-3-5-6/h2,4-5,7-9H,1,3H2. The molecule has 0 aromatic heterocycles. The highest BCUT2D eigenvalue weighted by molar-refractivity contribution is 5.23. The Morgan fingerprint density at radius 3 is 2.44 bits per heavy atom. The molecule has 0 aromatic carbocycles. The van der Waals surface area contributed by atoms with Crippen molar-refractivity contribution in [3.63, 3.8) is 0 Å². The summed E-state index contributed by atoms with van der Waals surface area (Å²) in [6, 6.07) is 0. The van der Waals surface area contributed by atoms with Crippen LogP contribution < -0.4 is 0 Å². The van der Waals surface area contributed by atoms with Crippen LogP contribution in [0.2, 0.25) is 0 Å². The minimum atomic E-state index is -1.29. The van der Waals surface area contributed by atoms with Crippen LogP contribution in [0, 0.1) is 0 Å². The summed E-state index contributed by atoms with van der Waals surface area (Å²) in [5.41, 5.74) is 0.612. The quantitative estimate of drug-likeness (QED) is 0.504. The molecule has 0 bridgehead atoms. The molecule has 0 radical (unpaired) electrons. The topological polar surface area (TPSA) is 40.5 Å². The van der Waals surface area contributed by atoms with E-state index in [1.165, 1.54) is 0 Å². The summed E-state index contributed by atoms with van der Waals surface area (Å²) in [5, 5.41) is 17.2. The molecule has 1 aliphatic rings. The van der Waals surface area contributed by atoms with E-state index < -0.39 is 6.29 Å². The van der Waals surface area contributed by atoms with Crippen molar-refractivity contribution in [2.45, 2.75) is 19.1 Å². The zero-order valence-electron chi connectivity index (χ0n) is 5.12. The molecule has 2 heteroatoms. The van der Waals surface area contributed by atoms with Crippen molar-refractivity contribution in [3.05, 3.63) is 23.8 Å². The lowest BCUT2D eigenvalue weighted by atomic mass is 10.1. The van der Waals surface area contributed by atoms with Crippen molar-refractivity contribution in [1.82, 2.24) is 0 Å². The van der Waals surface area contributed by atoms with E-state index in [-0.39, 0.29) is 0 Å². The van der Waals surface area contributed by atoms with E-state index in [4.69, 9.17) is 10.2 Å². The largest absolute Gasteiger partial charge is 0.364 e. The summed E-state index contributed by atoms with van der Waals surface area (Å²) in [4.78, 5) is 0. The maximum Gasteiger partial charge on any atom is 0.178 e. The average Bonchev–Trinajstić information content (AvgIpc) is 1.90. The molecule has 0 saturated carbocycles. The summed E-state index contributed by atoms with van der Waals surface area (Å²) in [6.07, 6.45) is 6.16. The molecule has 0 aromatic rings. The zero-order chi connectivity index (χ0) is 6.69. The first-order chi connectivity index (χ1) is 4.30. The lowest BCUT2D eigenvalue weighted by molar-refractivity contribution is -0.00524. The molecule has 0 heterocycles. The van der Waals surface area contributed by atoms with Crippen LogP contribution in [0.4, 0.5) is 0 Å². The smallest absolute Gasteiger partial charge is 0.178 e. The summed E-state index contributed by atoms with van der Waals surface area (Å²) >= 11 is 0. The second kappa shape index (κ2) is 2.80. The van der Waals surface area contributed by atoms with Gasteiger partial charge in [0, 0.05) is 5.57 Å². The lowest BCUT2D eigenvalue weighted by Gasteiger charge is -2.07. The van der Waals surface area contributed by atoms with Crippen molar-refractivity contribution < 1.29 is 10.2 Å². The third kappa shape index (κ3) is 1.66. The fourth-order valence-electron chi connectivity index (χ4n) is 0.825. The fourth-order valence-corrected chi connectivity index (χ4v) is 0.825. The van der Waals surface area contributed by atoms with Gasteiger partial charge in [-0.15, -0.1) is 0 Å². The van der Waals surface area contributed by atoms with Gasteiger partial charge >= 0.3 is 0 Å². The monoisotopic (exact) mass is 126 g/mol. The molecule has 2 nitrogen and oxygen atoms in total. The average molecular weight is 126 g/mol. The highest BCUT2D eigenvalue weighted by Crippen LogP contribution is 2.11. The Kier molecular flexibility index (Phi) is 2.03. The highest BCUT2D eigenvalue weighted by Gasteiger charge is 2.03. The van der Waals surface area contributed by atoms with Crippen LogP contribution in [0.25, 0.3) is 0 Å². The normalized spacial score (nSPS) is 18.3. The maximum atomic E-state index is 8.61. The summed E-state index contributed by atoms with van der Waals surface area (Å²) < 4.78 is 0. The Balaban J connectivity index is 2.58. The molecule has 0 atom stereocenters.